The number of nitrogens with two attached hydrogens (primary N) is 1. The summed E-state index contributed by atoms with van der Waals surface area (Å²) < 4.78 is 28.1. The van der Waals surface area contributed by atoms with Gasteiger partial charge in [-0.05, 0) is 29.3 Å². The molecule has 1 fully saturated rings. The predicted molar refractivity (Wildman–Crippen MR) is 134 cm³/mol. The van der Waals surface area contributed by atoms with Gasteiger partial charge in [0.1, 0.15) is 17.7 Å². The summed E-state index contributed by atoms with van der Waals surface area (Å²) >= 11 is 7.03. The fraction of sp³-hybridized carbons (Fsp3) is 0.304. The third kappa shape index (κ3) is 4.90. The molecule has 13 nitrogen and oxygen atoms in total. The lowest BCUT2D eigenvalue weighted by Crippen LogP contribution is -2.44. The van der Waals surface area contributed by atoms with E-state index in [2.05, 4.69) is 19.9 Å². The fourth-order valence-corrected chi connectivity index (χ4v) is 5.10. The maximum absolute atomic E-state index is 15.3. The van der Waals surface area contributed by atoms with Crippen LogP contribution in [0.1, 0.15) is 27.8 Å². The van der Waals surface area contributed by atoms with Crippen molar-refractivity contribution in [1.29, 1.82) is 0 Å². The van der Waals surface area contributed by atoms with E-state index in [9.17, 15) is 19.8 Å². The molecule has 39 heavy (non-hydrogen) atoms. The zero-order valence-corrected chi connectivity index (χ0v) is 21.3. The minimum atomic E-state index is -2.05. The van der Waals surface area contributed by atoms with E-state index in [4.69, 9.17) is 31.9 Å². The van der Waals surface area contributed by atoms with Gasteiger partial charge < -0.3 is 30.5 Å². The highest BCUT2D eigenvalue weighted by Gasteiger charge is 2.49. The Balaban J connectivity index is 1.41. The number of imidazole rings is 1. The Bertz CT molecular complexity index is 1520. The first-order valence-electron chi connectivity index (χ1n) is 11.3. The van der Waals surface area contributed by atoms with Gasteiger partial charge in [-0.1, -0.05) is 12.1 Å². The average Bonchev–Trinajstić information content (AvgIpc) is 3.63. The Hall–Kier alpha value is -3.76. The molecule has 0 saturated carbocycles. The molecule has 5 rings (SSSR count). The molecule has 204 valence electrons. The van der Waals surface area contributed by atoms with Gasteiger partial charge in [-0.25, -0.2) is 23.9 Å². The number of nitrogens with zero attached hydrogens (tertiary/aromatic N) is 5. The predicted octanol–water partition coefficient (Wildman–Crippen LogP) is 2.05. The number of alkyl halides is 1. The number of fused-ring (bicyclic) bond motifs is 1. The topological polar surface area (TPSA) is 196 Å². The van der Waals surface area contributed by atoms with E-state index in [0.29, 0.717) is 5.56 Å². The van der Waals surface area contributed by atoms with Gasteiger partial charge in [-0.3, -0.25) is 4.57 Å². The zero-order chi connectivity index (χ0) is 27.9. The van der Waals surface area contributed by atoms with Crippen LogP contribution < -0.4 is 5.73 Å². The van der Waals surface area contributed by atoms with Crippen LogP contribution in [0, 0.1) is 0 Å². The maximum atomic E-state index is 15.3. The van der Waals surface area contributed by atoms with Crippen molar-refractivity contribution in [3.05, 3.63) is 63.6 Å². The van der Waals surface area contributed by atoms with Crippen molar-refractivity contribution in [1.82, 2.24) is 24.5 Å². The molecule has 4 aromatic rings. The van der Waals surface area contributed by atoms with Crippen molar-refractivity contribution < 1.29 is 38.8 Å². The number of benzene rings is 1. The maximum Gasteiger partial charge on any atom is 0.342 e. The SMILES string of the molecule is Nc1nc(Cl)nc2c1ncn2[C@@H]1O[C@H](CO[C@](Cc2ccc(C(=O)O)cc2)(C(=O)O)c2cscn2)[C@@H](O)[C@@H]1F. The molecule has 1 aliphatic rings. The molecule has 0 aliphatic carbocycles. The Morgan fingerprint density at radius 3 is 2.62 bits per heavy atom. The molecule has 4 heterocycles. The van der Waals surface area contributed by atoms with Crippen LogP contribution in [-0.2, 0) is 26.3 Å². The van der Waals surface area contributed by atoms with Crippen molar-refractivity contribution in [3.63, 3.8) is 0 Å². The second kappa shape index (κ2) is 10.4. The van der Waals surface area contributed by atoms with Gasteiger partial charge in [0.2, 0.25) is 10.9 Å². The first kappa shape index (κ1) is 26.8. The van der Waals surface area contributed by atoms with E-state index < -0.39 is 48.8 Å². The third-order valence-corrected chi connectivity index (χ3v) is 7.08. The largest absolute Gasteiger partial charge is 0.479 e. The highest BCUT2D eigenvalue weighted by Crippen LogP contribution is 2.37. The summed E-state index contributed by atoms with van der Waals surface area (Å²) in [5.74, 6) is -2.55. The van der Waals surface area contributed by atoms with E-state index in [1.807, 2.05) is 0 Å². The summed E-state index contributed by atoms with van der Waals surface area (Å²) in [6.07, 6.45) is -5.36. The van der Waals surface area contributed by atoms with E-state index in [0.717, 1.165) is 11.3 Å². The molecule has 0 amide bonds. The summed E-state index contributed by atoms with van der Waals surface area (Å²) in [4.78, 5) is 39.8. The normalized spacial score (nSPS) is 22.6. The number of hydrogen-bond donors (Lipinski definition) is 4. The van der Waals surface area contributed by atoms with Gasteiger partial charge in [0, 0.05) is 11.8 Å². The Morgan fingerprint density at radius 1 is 1.23 bits per heavy atom. The summed E-state index contributed by atoms with van der Waals surface area (Å²) in [6.45, 7) is -0.528. The Morgan fingerprint density at radius 2 is 1.97 bits per heavy atom. The number of carbonyl (C=O) groups is 2. The average molecular weight is 579 g/mol. The van der Waals surface area contributed by atoms with Crippen LogP contribution in [-0.4, -0.2) is 76.7 Å². The first-order valence-corrected chi connectivity index (χ1v) is 12.6. The number of hydrogen-bond acceptors (Lipinski definition) is 11. The van der Waals surface area contributed by atoms with Crippen LogP contribution in [0.15, 0.2) is 41.5 Å². The number of carboxylic acids is 2. The molecule has 5 N–H and O–H groups in total. The van der Waals surface area contributed by atoms with E-state index in [1.54, 1.807) is 0 Å². The van der Waals surface area contributed by atoms with Crippen molar-refractivity contribution >= 4 is 51.9 Å². The lowest BCUT2D eigenvalue weighted by atomic mass is 9.91. The Labute approximate surface area is 227 Å². The highest BCUT2D eigenvalue weighted by molar-refractivity contribution is 7.07. The zero-order valence-electron chi connectivity index (χ0n) is 19.7. The summed E-state index contributed by atoms with van der Waals surface area (Å²) in [5, 5.41) is 31.4. The molecule has 0 bridgehead atoms. The third-order valence-electron chi connectivity index (χ3n) is 6.33. The molecule has 1 aliphatic heterocycles. The molecule has 3 aromatic heterocycles. The molecular weight excluding hydrogens is 559 g/mol. The van der Waals surface area contributed by atoms with Gasteiger partial charge >= 0.3 is 11.9 Å². The molecule has 16 heteroatoms. The van der Waals surface area contributed by atoms with Crippen LogP contribution in [0.2, 0.25) is 5.28 Å². The van der Waals surface area contributed by atoms with Crippen molar-refractivity contribution in [2.24, 2.45) is 0 Å². The Kier molecular flexibility index (Phi) is 7.17. The number of aromatic carboxylic acids is 1. The standard InChI is InChI=1S/C23H20ClFN6O7S/c24-22-29-17(26)15-18(30-22)31(8-27-15)19-14(25)16(32)12(38-19)6-37-23(21(35)36,13-7-39-9-28-13)5-10-1-3-11(4-2-10)20(33)34/h1-4,7-9,12,14,16,19,32H,5-6H2,(H,33,34)(H,35,36)(H2,26,29,30)/t12-,14+,16-,19-,23+/m1/s1. The van der Waals surface area contributed by atoms with Gasteiger partial charge in [-0.15, -0.1) is 11.3 Å². The number of thiazole rings is 1. The number of nitrogen functional groups attached to an aromatic ring is 1. The number of aliphatic hydroxyl groups is 1. The molecule has 0 unspecified atom stereocenters. The molecule has 0 radical (unpaired) electrons. The highest BCUT2D eigenvalue weighted by atomic mass is 35.5. The quantitative estimate of drug-likeness (QED) is 0.211. The molecule has 1 aromatic carbocycles. The van der Waals surface area contributed by atoms with Gasteiger partial charge in [-0.2, -0.15) is 9.97 Å². The van der Waals surface area contributed by atoms with Crippen molar-refractivity contribution in [2.75, 3.05) is 12.3 Å². The number of halogens is 2. The van der Waals surface area contributed by atoms with Crippen LogP contribution in [0.5, 0.6) is 0 Å². The number of rotatable bonds is 9. The fourth-order valence-electron chi connectivity index (χ4n) is 4.31. The minimum absolute atomic E-state index is 0.0246. The first-order chi connectivity index (χ1) is 18.6. The van der Waals surface area contributed by atoms with Crippen LogP contribution in [0.3, 0.4) is 0 Å². The molecular formula is C23H20ClFN6O7S. The van der Waals surface area contributed by atoms with Crippen LogP contribution >= 0.6 is 22.9 Å². The number of aromatic nitrogens is 5. The summed E-state index contributed by atoms with van der Waals surface area (Å²) in [5.41, 5.74) is 5.99. The molecule has 0 spiro atoms. The van der Waals surface area contributed by atoms with Crippen LogP contribution in [0.4, 0.5) is 10.2 Å². The minimum Gasteiger partial charge on any atom is -0.479 e. The number of carboxylic acid groups (broad SMARTS) is 2. The number of aliphatic carboxylic acids is 1. The number of anilines is 1. The second-order valence-corrected chi connectivity index (χ2v) is 9.75. The van der Waals surface area contributed by atoms with E-state index in [1.165, 1.54) is 46.1 Å². The van der Waals surface area contributed by atoms with E-state index in [-0.39, 0.29) is 39.9 Å². The number of aliphatic hydroxyl groups excluding tert-OH is 1. The molecule has 1 saturated heterocycles. The molecule has 5 atom stereocenters. The van der Waals surface area contributed by atoms with Gasteiger partial charge in [0.05, 0.1) is 29.7 Å². The van der Waals surface area contributed by atoms with Crippen molar-refractivity contribution in [2.45, 2.75) is 36.6 Å². The van der Waals surface area contributed by atoms with Gasteiger partial charge in [0.25, 0.3) is 0 Å². The number of ether oxygens (including phenoxy) is 2. The van der Waals surface area contributed by atoms with Crippen LogP contribution in [0.25, 0.3) is 11.2 Å². The lowest BCUT2D eigenvalue weighted by Gasteiger charge is -2.30. The van der Waals surface area contributed by atoms with E-state index >= 15 is 4.39 Å². The summed E-state index contributed by atoms with van der Waals surface area (Å²) in [6, 6.07) is 5.61. The smallest absolute Gasteiger partial charge is 0.342 e. The van der Waals surface area contributed by atoms with Crippen molar-refractivity contribution in [3.8, 4) is 0 Å². The second-order valence-electron chi connectivity index (χ2n) is 8.70. The van der Waals surface area contributed by atoms with Gasteiger partial charge in [0.15, 0.2) is 23.9 Å². The lowest BCUT2D eigenvalue weighted by molar-refractivity contribution is -0.177. The summed E-state index contributed by atoms with van der Waals surface area (Å²) in [7, 11) is 0. The monoisotopic (exact) mass is 578 g/mol.